The van der Waals surface area contributed by atoms with Gasteiger partial charge in [-0.2, -0.15) is 5.10 Å². The first-order valence-corrected chi connectivity index (χ1v) is 15.2. The summed E-state index contributed by atoms with van der Waals surface area (Å²) in [7, 11) is 0. The Kier molecular flexibility index (Phi) is 8.31. The molecule has 4 aromatic carbocycles. The van der Waals surface area contributed by atoms with Crippen molar-refractivity contribution in [3.8, 4) is 16.9 Å². The van der Waals surface area contributed by atoms with Crippen molar-refractivity contribution in [2.24, 2.45) is 0 Å². The van der Waals surface area contributed by atoms with Crippen LogP contribution in [0.4, 0.5) is 10.2 Å². The number of fused-ring (bicyclic) bond motifs is 1. The molecular weight excluding hydrogens is 583 g/mol. The molecule has 9 heteroatoms. The summed E-state index contributed by atoms with van der Waals surface area (Å²) in [6.45, 7) is 2.01. The third kappa shape index (κ3) is 6.21. The summed E-state index contributed by atoms with van der Waals surface area (Å²) in [5, 5.41) is 8.31. The van der Waals surface area contributed by atoms with Gasteiger partial charge in [0.2, 0.25) is 11.8 Å². The summed E-state index contributed by atoms with van der Waals surface area (Å²) < 4.78 is 15.1. The molecule has 0 spiro atoms. The van der Waals surface area contributed by atoms with Crippen LogP contribution in [0.3, 0.4) is 0 Å². The molecule has 1 aromatic heterocycles. The minimum Gasteiger partial charge on any atom is -0.350 e. The van der Waals surface area contributed by atoms with Crippen LogP contribution in [0.15, 0.2) is 103 Å². The highest BCUT2D eigenvalue weighted by atomic mass is 35.5. The van der Waals surface area contributed by atoms with Crippen molar-refractivity contribution < 1.29 is 14.0 Å². The average molecular weight is 611 g/mol. The molecule has 0 radical (unpaired) electrons. The molecule has 1 N–H and O–H groups in total. The number of benzene rings is 4. The van der Waals surface area contributed by atoms with Crippen molar-refractivity contribution >= 4 is 41.0 Å². The highest BCUT2D eigenvalue weighted by molar-refractivity contribution is 8.00. The fourth-order valence-corrected chi connectivity index (χ4v) is 6.52. The van der Waals surface area contributed by atoms with Gasteiger partial charge in [-0.3, -0.25) is 14.5 Å². The van der Waals surface area contributed by atoms with Gasteiger partial charge in [0.05, 0.1) is 22.4 Å². The predicted molar refractivity (Wildman–Crippen MR) is 170 cm³/mol. The minimum absolute atomic E-state index is 0.152. The molecular formula is C34H28ClFN4O2S. The quantitative estimate of drug-likeness (QED) is 0.213. The van der Waals surface area contributed by atoms with Crippen LogP contribution >= 0.6 is 23.4 Å². The number of thioether (sulfide) groups is 1. The maximum atomic E-state index is 13.9. The van der Waals surface area contributed by atoms with Crippen LogP contribution in [-0.4, -0.2) is 33.9 Å². The van der Waals surface area contributed by atoms with Crippen molar-refractivity contribution in [1.29, 1.82) is 0 Å². The molecule has 0 saturated carbocycles. The maximum absolute atomic E-state index is 13.9. The Hall–Kier alpha value is -4.40. The molecule has 6 nitrogen and oxygen atoms in total. The van der Waals surface area contributed by atoms with E-state index in [9.17, 15) is 14.0 Å². The highest BCUT2D eigenvalue weighted by Gasteiger charge is 2.37. The van der Waals surface area contributed by atoms with Gasteiger partial charge in [0.15, 0.2) is 0 Å². The first-order valence-electron chi connectivity index (χ1n) is 13.8. The van der Waals surface area contributed by atoms with Gasteiger partial charge in [-0.1, -0.05) is 83.9 Å². The molecule has 0 bridgehead atoms. The number of halogens is 2. The third-order valence-corrected chi connectivity index (χ3v) is 8.76. The second-order valence-electron chi connectivity index (χ2n) is 10.3. The number of carbonyl (C=O) groups is 2. The Morgan fingerprint density at radius 2 is 1.74 bits per heavy atom. The SMILES string of the molecule is Cc1ccc(-n2nc(-c3ccccc3)c3c2N(CC(=O)NCc2ccc(F)cc2)C(=O)CSC3c2cccc(Cl)c2)cc1. The largest absolute Gasteiger partial charge is 0.350 e. The minimum atomic E-state index is -0.344. The summed E-state index contributed by atoms with van der Waals surface area (Å²) in [6.07, 6.45) is 0. The molecule has 2 heterocycles. The molecule has 2 amide bonds. The van der Waals surface area contributed by atoms with Crippen LogP contribution in [0.2, 0.25) is 5.02 Å². The Morgan fingerprint density at radius 1 is 1.00 bits per heavy atom. The van der Waals surface area contributed by atoms with Crippen molar-refractivity contribution in [2.45, 2.75) is 18.7 Å². The number of aromatic nitrogens is 2. The van der Waals surface area contributed by atoms with E-state index in [0.29, 0.717) is 10.8 Å². The molecule has 0 fully saturated rings. The van der Waals surface area contributed by atoms with Gasteiger partial charge in [-0.15, -0.1) is 11.8 Å². The van der Waals surface area contributed by atoms with Gasteiger partial charge in [0, 0.05) is 22.7 Å². The Morgan fingerprint density at radius 3 is 2.47 bits per heavy atom. The maximum Gasteiger partial charge on any atom is 0.240 e. The number of amides is 2. The second kappa shape index (κ2) is 12.5. The summed E-state index contributed by atoms with van der Waals surface area (Å²) in [6, 6.07) is 31.3. The van der Waals surface area contributed by atoms with Crippen LogP contribution in [0.1, 0.15) is 27.5 Å². The first-order chi connectivity index (χ1) is 20.9. The number of nitrogens with zero attached hydrogens (tertiary/aromatic N) is 3. The van der Waals surface area contributed by atoms with E-state index in [1.165, 1.54) is 28.8 Å². The zero-order chi connectivity index (χ0) is 29.9. The van der Waals surface area contributed by atoms with Crippen LogP contribution < -0.4 is 10.2 Å². The van der Waals surface area contributed by atoms with Gasteiger partial charge in [0.25, 0.3) is 0 Å². The number of nitrogens with one attached hydrogen (secondary N) is 1. The topological polar surface area (TPSA) is 67.2 Å². The van der Waals surface area contributed by atoms with Crippen LogP contribution in [0.25, 0.3) is 16.9 Å². The standard InChI is InChI=1S/C34H28ClFN4O2S/c1-22-10-16-28(17-11-22)40-34-31(32(38-40)24-6-3-2-4-7-24)33(25-8-5-9-26(35)18-25)43-21-30(42)39(34)20-29(41)37-19-23-12-14-27(36)15-13-23/h2-18,33H,19-21H2,1H3,(H,37,41). The van der Waals surface area contributed by atoms with E-state index in [4.69, 9.17) is 16.7 Å². The Labute approximate surface area is 258 Å². The molecule has 1 aliphatic rings. The van der Waals surface area contributed by atoms with E-state index in [2.05, 4.69) is 5.32 Å². The van der Waals surface area contributed by atoms with E-state index in [1.54, 1.807) is 16.8 Å². The summed E-state index contributed by atoms with van der Waals surface area (Å²) in [4.78, 5) is 28.8. The van der Waals surface area contributed by atoms with E-state index < -0.39 is 0 Å². The normalized spacial score (nSPS) is 14.7. The van der Waals surface area contributed by atoms with Gasteiger partial charge < -0.3 is 5.32 Å². The number of hydrogen-bond donors (Lipinski definition) is 1. The fourth-order valence-electron chi connectivity index (χ4n) is 5.13. The zero-order valence-corrected chi connectivity index (χ0v) is 24.9. The molecule has 0 saturated heterocycles. The number of rotatable bonds is 7. The smallest absolute Gasteiger partial charge is 0.240 e. The van der Waals surface area contributed by atoms with E-state index >= 15 is 0 Å². The van der Waals surface area contributed by atoms with E-state index in [1.807, 2.05) is 85.8 Å². The summed E-state index contributed by atoms with van der Waals surface area (Å²) in [5.74, 6) is -0.199. The lowest BCUT2D eigenvalue weighted by Gasteiger charge is -2.23. The van der Waals surface area contributed by atoms with Gasteiger partial charge in [0.1, 0.15) is 18.2 Å². The van der Waals surface area contributed by atoms with Crippen LogP contribution in [-0.2, 0) is 16.1 Å². The zero-order valence-electron chi connectivity index (χ0n) is 23.3. The van der Waals surface area contributed by atoms with Crippen LogP contribution in [0.5, 0.6) is 0 Å². The van der Waals surface area contributed by atoms with Crippen molar-refractivity contribution in [2.75, 3.05) is 17.2 Å². The van der Waals surface area contributed by atoms with Gasteiger partial charge in [-0.25, -0.2) is 9.07 Å². The lowest BCUT2D eigenvalue weighted by Crippen LogP contribution is -2.42. The van der Waals surface area contributed by atoms with Gasteiger partial charge in [-0.05, 0) is 54.4 Å². The third-order valence-electron chi connectivity index (χ3n) is 7.27. The van der Waals surface area contributed by atoms with E-state index in [0.717, 1.165) is 39.2 Å². The van der Waals surface area contributed by atoms with Crippen molar-refractivity contribution in [1.82, 2.24) is 15.1 Å². The molecule has 43 heavy (non-hydrogen) atoms. The van der Waals surface area contributed by atoms with Gasteiger partial charge >= 0.3 is 0 Å². The van der Waals surface area contributed by atoms with Crippen molar-refractivity contribution in [3.05, 3.63) is 136 Å². The number of aryl methyl sites for hydroxylation is 1. The predicted octanol–water partition coefficient (Wildman–Crippen LogP) is 7.13. The summed E-state index contributed by atoms with van der Waals surface area (Å²) >= 11 is 7.93. The fraction of sp³-hybridized carbons (Fsp3) is 0.147. The Bertz CT molecular complexity index is 1780. The number of anilines is 1. The number of hydrogen-bond acceptors (Lipinski definition) is 4. The van der Waals surface area contributed by atoms with E-state index in [-0.39, 0.29) is 41.7 Å². The van der Waals surface area contributed by atoms with Crippen molar-refractivity contribution in [3.63, 3.8) is 0 Å². The molecule has 1 aliphatic heterocycles. The first kappa shape index (κ1) is 28.7. The second-order valence-corrected chi connectivity index (χ2v) is 11.9. The molecule has 216 valence electrons. The molecule has 6 rings (SSSR count). The highest BCUT2D eigenvalue weighted by Crippen LogP contribution is 2.48. The monoisotopic (exact) mass is 610 g/mol. The summed E-state index contributed by atoms with van der Waals surface area (Å²) in [5.41, 5.74) is 6.00. The molecule has 1 atom stereocenters. The lowest BCUT2D eigenvalue weighted by atomic mass is 9.99. The molecule has 0 aliphatic carbocycles. The average Bonchev–Trinajstić information content (AvgIpc) is 3.34. The lowest BCUT2D eigenvalue weighted by molar-refractivity contribution is -0.123. The molecule has 5 aromatic rings. The van der Waals surface area contributed by atoms with Crippen LogP contribution in [0, 0.1) is 12.7 Å². The Balaban J connectivity index is 1.49. The number of carbonyl (C=O) groups excluding carboxylic acids is 2. The molecule has 1 unspecified atom stereocenters.